The minimum atomic E-state index is -0.0720. The molecule has 3 heterocycles. The van der Waals surface area contributed by atoms with Crippen LogP contribution in [0.2, 0.25) is 0 Å². The molecule has 0 atom stereocenters. The van der Waals surface area contributed by atoms with E-state index < -0.39 is 0 Å². The van der Waals surface area contributed by atoms with Gasteiger partial charge >= 0.3 is 0 Å². The summed E-state index contributed by atoms with van der Waals surface area (Å²) >= 11 is 0. The molecule has 0 spiro atoms. The van der Waals surface area contributed by atoms with Crippen LogP contribution < -0.4 is 5.32 Å². The van der Waals surface area contributed by atoms with Gasteiger partial charge in [0.15, 0.2) is 5.76 Å². The van der Waals surface area contributed by atoms with Crippen LogP contribution in [0.1, 0.15) is 42.0 Å². The number of hydrogen-bond acceptors (Lipinski definition) is 4. The fourth-order valence-electron chi connectivity index (χ4n) is 3.16. The van der Waals surface area contributed by atoms with E-state index in [1.54, 1.807) is 6.07 Å². The summed E-state index contributed by atoms with van der Waals surface area (Å²) in [6, 6.07) is 4.01. The molecule has 0 aromatic carbocycles. The van der Waals surface area contributed by atoms with Gasteiger partial charge in [0.2, 0.25) is 0 Å². The van der Waals surface area contributed by atoms with Gasteiger partial charge in [-0.3, -0.25) is 9.69 Å². The number of hydrogen-bond donors (Lipinski definition) is 1. The summed E-state index contributed by atoms with van der Waals surface area (Å²) in [6.07, 6.45) is 4.57. The number of piperidine rings is 1. The average Bonchev–Trinajstić information content (AvgIpc) is 3.13. The first-order chi connectivity index (χ1) is 10.2. The Bertz CT molecular complexity index is 472. The first-order valence-corrected chi connectivity index (χ1v) is 8.01. The monoisotopic (exact) mass is 291 g/mol. The number of nitrogens with one attached hydrogen (secondary N) is 1. The van der Waals surface area contributed by atoms with Crippen molar-refractivity contribution in [3.8, 4) is 0 Å². The first kappa shape index (κ1) is 14.6. The molecule has 3 rings (SSSR count). The Kier molecular flexibility index (Phi) is 4.60. The zero-order chi connectivity index (χ0) is 14.7. The van der Waals surface area contributed by atoms with E-state index in [1.807, 2.05) is 6.07 Å². The highest BCUT2D eigenvalue weighted by atomic mass is 16.4. The van der Waals surface area contributed by atoms with Crippen molar-refractivity contribution in [3.05, 3.63) is 23.7 Å². The van der Waals surface area contributed by atoms with Crippen molar-refractivity contribution in [2.24, 2.45) is 0 Å². The molecule has 116 valence electrons. The summed E-state index contributed by atoms with van der Waals surface area (Å²) in [4.78, 5) is 16.9. The zero-order valence-corrected chi connectivity index (χ0v) is 12.8. The van der Waals surface area contributed by atoms with Crippen LogP contribution in [0.5, 0.6) is 0 Å². The number of furan rings is 1. The van der Waals surface area contributed by atoms with Crippen LogP contribution in [-0.4, -0.2) is 55.0 Å². The summed E-state index contributed by atoms with van der Waals surface area (Å²) < 4.78 is 5.71. The van der Waals surface area contributed by atoms with Crippen molar-refractivity contribution in [1.29, 1.82) is 0 Å². The minimum absolute atomic E-state index is 0.0720. The van der Waals surface area contributed by atoms with E-state index in [1.165, 1.54) is 12.8 Å². The number of likely N-dealkylation sites (tertiary alicyclic amines) is 2. The SMILES string of the molecule is CN1CCC(NC(=O)c2ccc(CN3CCCC3)o2)CC1. The Labute approximate surface area is 126 Å². The molecule has 21 heavy (non-hydrogen) atoms. The molecule has 0 saturated carbocycles. The van der Waals surface area contributed by atoms with Crippen LogP contribution in [0.3, 0.4) is 0 Å². The van der Waals surface area contributed by atoms with E-state index >= 15 is 0 Å². The number of rotatable bonds is 4. The van der Waals surface area contributed by atoms with Crippen molar-refractivity contribution >= 4 is 5.91 Å². The lowest BCUT2D eigenvalue weighted by atomic mass is 10.1. The van der Waals surface area contributed by atoms with Crippen molar-refractivity contribution in [2.75, 3.05) is 33.2 Å². The Morgan fingerprint density at radius 2 is 1.95 bits per heavy atom. The van der Waals surface area contributed by atoms with Gasteiger partial charge in [-0.25, -0.2) is 0 Å². The fraction of sp³-hybridized carbons (Fsp3) is 0.688. The summed E-state index contributed by atoms with van der Waals surface area (Å²) in [6.45, 7) is 5.18. The van der Waals surface area contributed by atoms with Crippen molar-refractivity contribution < 1.29 is 9.21 Å². The third-order valence-corrected chi connectivity index (χ3v) is 4.52. The van der Waals surface area contributed by atoms with E-state index in [2.05, 4.69) is 22.2 Å². The maximum Gasteiger partial charge on any atom is 0.287 e. The predicted octanol–water partition coefficient (Wildman–Crippen LogP) is 1.70. The number of nitrogens with zero attached hydrogens (tertiary/aromatic N) is 2. The predicted molar refractivity (Wildman–Crippen MR) is 81.2 cm³/mol. The van der Waals surface area contributed by atoms with Gasteiger partial charge in [-0.15, -0.1) is 0 Å². The van der Waals surface area contributed by atoms with Gasteiger partial charge in [0.25, 0.3) is 5.91 Å². The molecule has 5 heteroatoms. The Morgan fingerprint density at radius 3 is 2.67 bits per heavy atom. The van der Waals surface area contributed by atoms with Crippen LogP contribution in [-0.2, 0) is 6.54 Å². The molecule has 0 unspecified atom stereocenters. The fourth-order valence-corrected chi connectivity index (χ4v) is 3.16. The van der Waals surface area contributed by atoms with Gasteiger partial charge in [-0.2, -0.15) is 0 Å². The van der Waals surface area contributed by atoms with Crippen molar-refractivity contribution in [1.82, 2.24) is 15.1 Å². The van der Waals surface area contributed by atoms with E-state index in [-0.39, 0.29) is 11.9 Å². The molecule has 2 aliphatic heterocycles. The van der Waals surface area contributed by atoms with Gasteiger partial charge < -0.3 is 14.6 Å². The molecule has 0 aliphatic carbocycles. The third-order valence-electron chi connectivity index (χ3n) is 4.52. The molecule has 1 N–H and O–H groups in total. The molecule has 1 aromatic rings. The lowest BCUT2D eigenvalue weighted by Gasteiger charge is -2.29. The Balaban J connectivity index is 1.51. The second-order valence-electron chi connectivity index (χ2n) is 6.30. The first-order valence-electron chi connectivity index (χ1n) is 8.01. The summed E-state index contributed by atoms with van der Waals surface area (Å²) in [5.74, 6) is 1.27. The van der Waals surface area contributed by atoms with E-state index in [0.717, 1.165) is 51.3 Å². The quantitative estimate of drug-likeness (QED) is 0.917. The van der Waals surface area contributed by atoms with E-state index in [9.17, 15) is 4.79 Å². The third kappa shape index (κ3) is 3.86. The molecule has 2 aliphatic rings. The highest BCUT2D eigenvalue weighted by Gasteiger charge is 2.21. The van der Waals surface area contributed by atoms with Crippen LogP contribution in [0.25, 0.3) is 0 Å². The molecule has 2 saturated heterocycles. The largest absolute Gasteiger partial charge is 0.455 e. The molecule has 5 nitrogen and oxygen atoms in total. The highest BCUT2D eigenvalue weighted by molar-refractivity contribution is 5.91. The zero-order valence-electron chi connectivity index (χ0n) is 12.8. The Hall–Kier alpha value is -1.33. The van der Waals surface area contributed by atoms with Gasteiger partial charge in [0.05, 0.1) is 6.54 Å². The molecule has 1 aromatic heterocycles. The van der Waals surface area contributed by atoms with Gasteiger partial charge in [-0.05, 0) is 71.0 Å². The molecular formula is C16H25N3O2. The molecule has 0 radical (unpaired) electrons. The van der Waals surface area contributed by atoms with Gasteiger partial charge in [-0.1, -0.05) is 0 Å². The molecule has 2 fully saturated rings. The second-order valence-corrected chi connectivity index (χ2v) is 6.30. The molecular weight excluding hydrogens is 266 g/mol. The van der Waals surface area contributed by atoms with Gasteiger partial charge in [0.1, 0.15) is 5.76 Å². The average molecular weight is 291 g/mol. The highest BCUT2D eigenvalue weighted by Crippen LogP contribution is 2.16. The smallest absolute Gasteiger partial charge is 0.287 e. The second kappa shape index (κ2) is 6.62. The molecule has 1 amide bonds. The van der Waals surface area contributed by atoms with Crippen LogP contribution in [0.15, 0.2) is 16.5 Å². The summed E-state index contributed by atoms with van der Waals surface area (Å²) in [5.41, 5.74) is 0. The van der Waals surface area contributed by atoms with Crippen molar-refractivity contribution in [2.45, 2.75) is 38.3 Å². The minimum Gasteiger partial charge on any atom is -0.455 e. The number of carbonyl (C=O) groups excluding carboxylic acids is 1. The van der Waals surface area contributed by atoms with E-state index in [0.29, 0.717) is 5.76 Å². The molecule has 0 bridgehead atoms. The van der Waals surface area contributed by atoms with Crippen LogP contribution >= 0.6 is 0 Å². The Morgan fingerprint density at radius 1 is 1.24 bits per heavy atom. The lowest BCUT2D eigenvalue weighted by molar-refractivity contribution is 0.0885. The standard InChI is InChI=1S/C16H25N3O2/c1-18-10-6-13(7-11-18)17-16(20)15-5-4-14(21-15)12-19-8-2-3-9-19/h4-5,13H,2-3,6-12H2,1H3,(H,17,20). The maximum absolute atomic E-state index is 12.2. The summed E-state index contributed by atoms with van der Waals surface area (Å²) in [7, 11) is 2.12. The van der Waals surface area contributed by atoms with Crippen molar-refractivity contribution in [3.63, 3.8) is 0 Å². The summed E-state index contributed by atoms with van der Waals surface area (Å²) in [5, 5.41) is 3.09. The van der Waals surface area contributed by atoms with Crippen LogP contribution in [0, 0.1) is 0 Å². The maximum atomic E-state index is 12.2. The normalized spacial score (nSPS) is 21.8. The number of carbonyl (C=O) groups is 1. The van der Waals surface area contributed by atoms with Crippen LogP contribution in [0.4, 0.5) is 0 Å². The van der Waals surface area contributed by atoms with Gasteiger partial charge in [0, 0.05) is 6.04 Å². The number of amides is 1. The van der Waals surface area contributed by atoms with E-state index in [4.69, 9.17) is 4.42 Å². The lowest BCUT2D eigenvalue weighted by Crippen LogP contribution is -2.43. The topological polar surface area (TPSA) is 48.7 Å².